The second-order valence-corrected chi connectivity index (χ2v) is 7.39. The summed E-state index contributed by atoms with van der Waals surface area (Å²) < 4.78 is 0. The van der Waals surface area contributed by atoms with Crippen LogP contribution in [0.4, 0.5) is 0 Å². The summed E-state index contributed by atoms with van der Waals surface area (Å²) in [7, 11) is 0. The third-order valence-corrected chi connectivity index (χ3v) is 5.67. The normalized spacial score (nSPS) is 43.2. The molecule has 3 rings (SSSR count). The van der Waals surface area contributed by atoms with Crippen LogP contribution in [-0.2, 0) is 0 Å². The van der Waals surface area contributed by atoms with E-state index in [1.807, 2.05) is 0 Å². The van der Waals surface area contributed by atoms with Crippen LogP contribution in [0.25, 0.3) is 0 Å². The summed E-state index contributed by atoms with van der Waals surface area (Å²) in [6, 6.07) is 0. The Balaban J connectivity index is 0.000000188. The maximum atomic E-state index is 2.47. The maximum absolute atomic E-state index is 2.47. The number of hydrogen-bond donors (Lipinski definition) is 0. The van der Waals surface area contributed by atoms with Gasteiger partial charge in [-0.1, -0.05) is 40.5 Å². The predicted octanol–water partition coefficient (Wildman–Crippen LogP) is 5.52. The van der Waals surface area contributed by atoms with E-state index in [4.69, 9.17) is 0 Å². The van der Waals surface area contributed by atoms with Gasteiger partial charge in [-0.15, -0.1) is 0 Å². The molecule has 0 N–H and O–H groups in total. The van der Waals surface area contributed by atoms with Crippen molar-refractivity contribution in [3.05, 3.63) is 0 Å². The predicted molar refractivity (Wildman–Crippen MR) is 76.0 cm³/mol. The monoisotopic (exact) mass is 236 g/mol. The first kappa shape index (κ1) is 13.4. The molecule has 0 amide bonds. The molecule has 3 fully saturated rings. The molecule has 3 aliphatic rings. The van der Waals surface area contributed by atoms with Crippen molar-refractivity contribution in [3.63, 3.8) is 0 Å². The van der Waals surface area contributed by atoms with Crippen molar-refractivity contribution in [2.45, 2.75) is 72.6 Å². The molecule has 0 saturated heterocycles. The van der Waals surface area contributed by atoms with E-state index in [1.54, 1.807) is 38.5 Å². The van der Waals surface area contributed by atoms with Gasteiger partial charge in [0.2, 0.25) is 0 Å². The van der Waals surface area contributed by atoms with E-state index in [0.29, 0.717) is 0 Å². The molecular formula is C17H32. The molecule has 100 valence electrons. The highest BCUT2D eigenvalue weighted by atomic mass is 14.5. The minimum atomic E-state index is 0.884. The largest absolute Gasteiger partial charge is 0.0651 e. The Morgan fingerprint density at radius 2 is 1.41 bits per heavy atom. The van der Waals surface area contributed by atoms with Crippen LogP contribution in [0.2, 0.25) is 0 Å². The Labute approximate surface area is 109 Å². The van der Waals surface area contributed by atoms with Crippen molar-refractivity contribution in [2.75, 3.05) is 0 Å². The fourth-order valence-corrected chi connectivity index (χ4v) is 4.60. The van der Waals surface area contributed by atoms with Gasteiger partial charge in [0.1, 0.15) is 0 Å². The lowest BCUT2D eigenvalue weighted by Gasteiger charge is -2.26. The molecule has 0 nitrogen and oxygen atoms in total. The molecule has 0 heteroatoms. The van der Waals surface area contributed by atoms with Crippen molar-refractivity contribution < 1.29 is 0 Å². The lowest BCUT2D eigenvalue weighted by Crippen LogP contribution is -2.15. The van der Waals surface area contributed by atoms with Crippen molar-refractivity contribution in [3.8, 4) is 0 Å². The van der Waals surface area contributed by atoms with Crippen molar-refractivity contribution >= 4 is 0 Å². The van der Waals surface area contributed by atoms with Crippen molar-refractivity contribution in [1.82, 2.24) is 0 Å². The van der Waals surface area contributed by atoms with E-state index in [-0.39, 0.29) is 0 Å². The van der Waals surface area contributed by atoms with Crippen LogP contribution in [0.1, 0.15) is 72.6 Å². The first-order valence-corrected chi connectivity index (χ1v) is 8.11. The molecule has 17 heavy (non-hydrogen) atoms. The van der Waals surface area contributed by atoms with Gasteiger partial charge in [-0.3, -0.25) is 0 Å². The summed E-state index contributed by atoms with van der Waals surface area (Å²) in [6.45, 7) is 9.12. The molecule has 2 bridgehead atoms. The van der Waals surface area contributed by atoms with Gasteiger partial charge in [-0.25, -0.2) is 0 Å². The van der Waals surface area contributed by atoms with Gasteiger partial charge in [0.05, 0.1) is 0 Å². The molecule has 0 aromatic heterocycles. The fourth-order valence-electron chi connectivity index (χ4n) is 4.60. The minimum absolute atomic E-state index is 0.884. The van der Waals surface area contributed by atoms with Crippen LogP contribution in [-0.4, -0.2) is 0 Å². The smallest absolute Gasteiger partial charge is 0.0355 e. The summed E-state index contributed by atoms with van der Waals surface area (Å²) in [5.74, 6) is 6.62. The van der Waals surface area contributed by atoms with Crippen molar-refractivity contribution in [2.24, 2.45) is 35.5 Å². The average Bonchev–Trinajstić information content (AvgIpc) is 2.84. The van der Waals surface area contributed by atoms with E-state index < -0.39 is 0 Å². The highest BCUT2D eigenvalue weighted by molar-refractivity contribution is 4.98. The van der Waals surface area contributed by atoms with Crippen LogP contribution in [0, 0.1) is 35.5 Å². The van der Waals surface area contributed by atoms with E-state index in [0.717, 1.165) is 23.7 Å². The highest BCUT2D eigenvalue weighted by Crippen LogP contribution is 2.57. The molecule has 0 aromatic carbocycles. The minimum Gasteiger partial charge on any atom is -0.0651 e. The topological polar surface area (TPSA) is 0 Å². The van der Waals surface area contributed by atoms with E-state index in [2.05, 4.69) is 27.7 Å². The second-order valence-electron chi connectivity index (χ2n) is 7.39. The number of fused-ring (bicyclic) bond motifs is 5. The quantitative estimate of drug-likeness (QED) is 0.562. The molecule has 0 radical (unpaired) electrons. The van der Waals surface area contributed by atoms with Gasteiger partial charge < -0.3 is 0 Å². The first-order chi connectivity index (χ1) is 8.11. The van der Waals surface area contributed by atoms with E-state index >= 15 is 0 Å². The van der Waals surface area contributed by atoms with Gasteiger partial charge in [-0.2, -0.15) is 0 Å². The zero-order valence-electron chi connectivity index (χ0n) is 12.4. The Kier molecular flexibility index (Phi) is 4.55. The lowest BCUT2D eigenvalue weighted by molar-refractivity contribution is 0.245. The van der Waals surface area contributed by atoms with Gasteiger partial charge in [-0.05, 0) is 67.6 Å². The van der Waals surface area contributed by atoms with Gasteiger partial charge in [0.15, 0.2) is 0 Å². The highest BCUT2D eigenvalue weighted by Gasteiger charge is 2.48. The fraction of sp³-hybridized carbons (Fsp3) is 1.00. The molecule has 3 aliphatic carbocycles. The van der Waals surface area contributed by atoms with Crippen LogP contribution >= 0.6 is 0 Å². The van der Waals surface area contributed by atoms with Crippen molar-refractivity contribution in [1.29, 1.82) is 0 Å². The average molecular weight is 236 g/mol. The molecular weight excluding hydrogens is 204 g/mol. The maximum Gasteiger partial charge on any atom is -0.0355 e. The number of hydrogen-bond acceptors (Lipinski definition) is 0. The van der Waals surface area contributed by atoms with E-state index in [1.165, 1.54) is 18.3 Å². The molecule has 0 spiro atoms. The SMILES string of the molecule is CC1CC2CC(C1)C1CCCC21.CCC(C)C. The lowest BCUT2D eigenvalue weighted by atomic mass is 9.79. The third kappa shape index (κ3) is 3.06. The summed E-state index contributed by atoms with van der Waals surface area (Å²) >= 11 is 0. The zero-order chi connectivity index (χ0) is 12.4. The summed E-state index contributed by atoms with van der Waals surface area (Å²) in [5, 5.41) is 0. The summed E-state index contributed by atoms with van der Waals surface area (Å²) in [5.41, 5.74) is 0. The third-order valence-electron chi connectivity index (χ3n) is 5.67. The first-order valence-electron chi connectivity index (χ1n) is 8.11. The van der Waals surface area contributed by atoms with Crippen LogP contribution < -0.4 is 0 Å². The van der Waals surface area contributed by atoms with Crippen LogP contribution in [0.5, 0.6) is 0 Å². The molecule has 4 atom stereocenters. The van der Waals surface area contributed by atoms with Gasteiger partial charge >= 0.3 is 0 Å². The van der Waals surface area contributed by atoms with Gasteiger partial charge in [0.25, 0.3) is 0 Å². The standard InChI is InChI=1S/C12H20.C5H12/c1-8-5-9-7-10(6-8)12-4-2-3-11(9)12;1-4-5(2)3/h8-12H,2-7H2,1H3;5H,4H2,1-3H3. The Morgan fingerprint density at radius 3 is 1.82 bits per heavy atom. The molecule has 4 unspecified atom stereocenters. The van der Waals surface area contributed by atoms with Gasteiger partial charge in [0, 0.05) is 0 Å². The Hall–Kier alpha value is 0. The second kappa shape index (κ2) is 5.76. The summed E-state index contributed by atoms with van der Waals surface area (Å²) in [6.07, 6.45) is 10.8. The summed E-state index contributed by atoms with van der Waals surface area (Å²) in [4.78, 5) is 0. The van der Waals surface area contributed by atoms with Crippen LogP contribution in [0.15, 0.2) is 0 Å². The Bertz CT molecular complexity index is 208. The van der Waals surface area contributed by atoms with Crippen LogP contribution in [0.3, 0.4) is 0 Å². The number of rotatable bonds is 1. The Morgan fingerprint density at radius 1 is 0.941 bits per heavy atom. The van der Waals surface area contributed by atoms with E-state index in [9.17, 15) is 0 Å². The molecule has 0 aliphatic heterocycles. The molecule has 0 aromatic rings. The molecule has 0 heterocycles. The zero-order valence-corrected chi connectivity index (χ0v) is 12.4. The molecule has 3 saturated carbocycles.